The first-order chi connectivity index (χ1) is 7.72. The van der Waals surface area contributed by atoms with Crippen LogP contribution in [0.15, 0.2) is 28.4 Å². The van der Waals surface area contributed by atoms with Gasteiger partial charge in [-0.15, -0.1) is 0 Å². The molecule has 1 aliphatic heterocycles. The second-order valence-corrected chi connectivity index (χ2v) is 4.36. The molecule has 0 spiro atoms. The van der Waals surface area contributed by atoms with E-state index in [0.29, 0.717) is 18.4 Å². The smallest absolute Gasteiger partial charge is 0.342 e. The minimum atomic E-state index is -0.425. The van der Waals surface area contributed by atoms with Gasteiger partial charge in [0.2, 0.25) is 0 Å². The third-order valence-corrected chi connectivity index (χ3v) is 3.05. The van der Waals surface area contributed by atoms with Crippen LogP contribution in [0.3, 0.4) is 0 Å². The molecule has 0 radical (unpaired) electrons. The summed E-state index contributed by atoms with van der Waals surface area (Å²) in [7, 11) is 0. The number of hydrogen-bond donors (Lipinski definition) is 1. The second-order valence-electron chi connectivity index (χ2n) is 3.64. The Hall–Kier alpha value is -1.04. The van der Waals surface area contributed by atoms with Gasteiger partial charge in [0.1, 0.15) is 17.4 Å². The number of benzene rings is 1. The third-order valence-electron chi connectivity index (χ3n) is 2.54. The predicted octanol–water partition coefficient (Wildman–Crippen LogP) is 2.81. The van der Waals surface area contributed by atoms with Crippen LogP contribution < -0.4 is 0 Å². The zero-order valence-corrected chi connectivity index (χ0v) is 10.7. The van der Waals surface area contributed by atoms with E-state index in [1.165, 1.54) is 6.07 Å². The van der Waals surface area contributed by atoms with Crippen LogP contribution >= 0.6 is 22.6 Å². The highest BCUT2D eigenvalue weighted by Gasteiger charge is 2.27. The molecule has 4 heteroatoms. The lowest BCUT2D eigenvalue weighted by atomic mass is 9.96. The Morgan fingerprint density at radius 2 is 2.38 bits per heavy atom. The van der Waals surface area contributed by atoms with E-state index in [4.69, 9.17) is 4.74 Å². The maximum atomic E-state index is 11.7. The average Bonchev–Trinajstić information content (AvgIpc) is 2.26. The van der Waals surface area contributed by atoms with Gasteiger partial charge in [0.05, 0.1) is 0 Å². The first-order valence-corrected chi connectivity index (χ1v) is 6.24. The van der Waals surface area contributed by atoms with E-state index >= 15 is 0 Å². The van der Waals surface area contributed by atoms with Gasteiger partial charge in [-0.2, -0.15) is 0 Å². The van der Waals surface area contributed by atoms with E-state index in [1.54, 1.807) is 6.07 Å². The molecule has 84 valence electrons. The topological polar surface area (TPSA) is 46.5 Å². The number of halogens is 1. The van der Waals surface area contributed by atoms with Crippen molar-refractivity contribution in [2.24, 2.45) is 0 Å². The van der Waals surface area contributed by atoms with Crippen LogP contribution in [-0.4, -0.2) is 17.2 Å². The number of carbonyl (C=O) groups is 1. The molecule has 0 fully saturated rings. The molecule has 2 rings (SSSR count). The van der Waals surface area contributed by atoms with E-state index in [0.717, 1.165) is 5.56 Å². The van der Waals surface area contributed by atoms with Crippen LogP contribution in [0.1, 0.15) is 22.3 Å². The van der Waals surface area contributed by atoms with E-state index in [2.05, 4.69) is 22.6 Å². The molecule has 0 aromatic heterocycles. The number of carbonyl (C=O) groups excluding carboxylic acids is 1. The minimum Gasteiger partial charge on any atom is -0.507 e. The van der Waals surface area contributed by atoms with Crippen LogP contribution in [0.5, 0.6) is 5.75 Å². The Morgan fingerprint density at radius 3 is 3.12 bits per heavy atom. The number of esters is 1. The van der Waals surface area contributed by atoms with E-state index in [9.17, 15) is 9.90 Å². The number of ether oxygens (including phenoxy) is 1. The normalized spacial score (nSPS) is 19.6. The van der Waals surface area contributed by atoms with Crippen LogP contribution in [0.2, 0.25) is 0 Å². The Labute approximate surface area is 107 Å². The van der Waals surface area contributed by atoms with Crippen LogP contribution in [0.25, 0.3) is 0 Å². The fourth-order valence-electron chi connectivity index (χ4n) is 1.82. The quantitative estimate of drug-likeness (QED) is 0.670. The molecule has 0 saturated carbocycles. The lowest BCUT2D eigenvalue weighted by molar-refractivity contribution is 0.0261. The molecule has 16 heavy (non-hydrogen) atoms. The van der Waals surface area contributed by atoms with E-state index in [1.807, 2.05) is 16.2 Å². The van der Waals surface area contributed by atoms with Crippen molar-refractivity contribution < 1.29 is 14.6 Å². The lowest BCUT2D eigenvalue weighted by Gasteiger charge is -2.24. The van der Waals surface area contributed by atoms with Crippen molar-refractivity contribution in [1.82, 2.24) is 0 Å². The molecule has 1 aliphatic rings. The zero-order chi connectivity index (χ0) is 11.5. The van der Waals surface area contributed by atoms with Crippen LogP contribution in [0.4, 0.5) is 0 Å². The second kappa shape index (κ2) is 4.86. The minimum absolute atomic E-state index is 0.00498. The highest BCUT2D eigenvalue weighted by atomic mass is 127. The van der Waals surface area contributed by atoms with Gasteiger partial charge in [-0.3, -0.25) is 0 Å². The Kier molecular flexibility index (Phi) is 3.48. The number of hydrogen-bond acceptors (Lipinski definition) is 3. The highest BCUT2D eigenvalue weighted by molar-refractivity contribution is 14.1. The number of phenolic OH excluding ortho intramolecular Hbond substituents is 1. The van der Waals surface area contributed by atoms with Gasteiger partial charge in [0.25, 0.3) is 0 Å². The van der Waals surface area contributed by atoms with Gasteiger partial charge < -0.3 is 9.84 Å². The van der Waals surface area contributed by atoms with E-state index < -0.39 is 5.97 Å². The number of cyclic esters (lactones) is 1. The van der Waals surface area contributed by atoms with Crippen molar-refractivity contribution in [3.63, 3.8) is 0 Å². The zero-order valence-electron chi connectivity index (χ0n) is 8.52. The summed E-state index contributed by atoms with van der Waals surface area (Å²) in [5, 5.41) is 9.57. The first kappa shape index (κ1) is 11.4. The summed E-state index contributed by atoms with van der Waals surface area (Å²) in [5.74, 6) is -0.420. The van der Waals surface area contributed by atoms with Crippen LogP contribution in [0, 0.1) is 0 Å². The van der Waals surface area contributed by atoms with E-state index in [-0.39, 0.29) is 11.9 Å². The fraction of sp³-hybridized carbons (Fsp3) is 0.250. The lowest BCUT2D eigenvalue weighted by Crippen LogP contribution is -2.27. The van der Waals surface area contributed by atoms with Gasteiger partial charge >= 0.3 is 5.97 Å². The maximum Gasteiger partial charge on any atom is 0.342 e. The number of rotatable bonds is 2. The van der Waals surface area contributed by atoms with Crippen molar-refractivity contribution >= 4 is 28.6 Å². The van der Waals surface area contributed by atoms with Gasteiger partial charge in [0, 0.05) is 12.8 Å². The maximum absolute atomic E-state index is 11.7. The van der Waals surface area contributed by atoms with Gasteiger partial charge in [-0.1, -0.05) is 40.8 Å². The summed E-state index contributed by atoms with van der Waals surface area (Å²) in [6.07, 6.45) is 3.22. The first-order valence-electron chi connectivity index (χ1n) is 4.99. The molecule has 0 amide bonds. The molecule has 1 unspecified atom stereocenters. The highest BCUT2D eigenvalue weighted by Crippen LogP contribution is 2.29. The largest absolute Gasteiger partial charge is 0.507 e. The molecular weight excluding hydrogens is 319 g/mol. The molecule has 1 heterocycles. The van der Waals surface area contributed by atoms with Crippen LogP contribution in [-0.2, 0) is 11.2 Å². The van der Waals surface area contributed by atoms with Crippen molar-refractivity contribution in [2.75, 3.05) is 0 Å². The monoisotopic (exact) mass is 330 g/mol. The summed E-state index contributed by atoms with van der Waals surface area (Å²) >= 11 is 2.13. The molecule has 3 nitrogen and oxygen atoms in total. The van der Waals surface area contributed by atoms with Crippen molar-refractivity contribution in [3.8, 4) is 5.75 Å². The SMILES string of the molecule is O=C1OC(C/C=C/I)Cc2cccc(O)c21. The molecule has 0 bridgehead atoms. The summed E-state index contributed by atoms with van der Waals surface area (Å²) in [5.41, 5.74) is 1.18. The van der Waals surface area contributed by atoms with Gasteiger partial charge in [-0.25, -0.2) is 4.79 Å². The number of aromatic hydroxyl groups is 1. The molecule has 1 atom stereocenters. The van der Waals surface area contributed by atoms with Crippen molar-refractivity contribution in [2.45, 2.75) is 18.9 Å². The summed E-state index contributed by atoms with van der Waals surface area (Å²) in [6, 6.07) is 5.11. The Morgan fingerprint density at radius 1 is 1.56 bits per heavy atom. The van der Waals surface area contributed by atoms with Crippen molar-refractivity contribution in [3.05, 3.63) is 39.5 Å². The molecule has 1 N–H and O–H groups in total. The molecule has 1 aromatic carbocycles. The Bertz CT molecular complexity index is 440. The molecule has 0 aliphatic carbocycles. The number of fused-ring (bicyclic) bond motifs is 1. The Balaban J connectivity index is 2.27. The average molecular weight is 330 g/mol. The third kappa shape index (κ3) is 2.21. The fourth-order valence-corrected chi connectivity index (χ4v) is 2.12. The molecular formula is C12H11IO3. The molecule has 1 aromatic rings. The molecule has 0 saturated heterocycles. The van der Waals surface area contributed by atoms with Crippen molar-refractivity contribution in [1.29, 1.82) is 0 Å². The predicted molar refractivity (Wildman–Crippen MR) is 68.8 cm³/mol. The summed E-state index contributed by atoms with van der Waals surface area (Å²) < 4.78 is 7.15. The van der Waals surface area contributed by atoms with Gasteiger partial charge in [-0.05, 0) is 15.7 Å². The van der Waals surface area contributed by atoms with Gasteiger partial charge in [0.15, 0.2) is 0 Å². The summed E-state index contributed by atoms with van der Waals surface area (Å²) in [4.78, 5) is 11.7. The summed E-state index contributed by atoms with van der Waals surface area (Å²) in [6.45, 7) is 0. The number of phenols is 1. The standard InChI is InChI=1S/C12H11IO3/c13-6-2-4-9-7-8-3-1-5-10(14)11(8)12(15)16-9/h1-3,5-6,9,14H,4,7H2/b6-2+.